The van der Waals surface area contributed by atoms with E-state index in [4.69, 9.17) is 8.85 Å². The van der Waals surface area contributed by atoms with Crippen LogP contribution in [0.25, 0.3) is 0 Å². The van der Waals surface area contributed by atoms with Crippen molar-refractivity contribution in [1.82, 2.24) is 0 Å². The molecular formula is C30H58O4Si2. The van der Waals surface area contributed by atoms with Gasteiger partial charge in [-0.1, -0.05) is 62.3 Å². The largest absolute Gasteiger partial charge is 0.414 e. The van der Waals surface area contributed by atoms with Crippen LogP contribution < -0.4 is 0 Å². The van der Waals surface area contributed by atoms with Gasteiger partial charge in [0.25, 0.3) is 0 Å². The van der Waals surface area contributed by atoms with E-state index >= 15 is 0 Å². The Hall–Kier alpha value is -0.0162. The Labute approximate surface area is 224 Å². The number of hydrogen-bond acceptors (Lipinski definition) is 4. The van der Waals surface area contributed by atoms with E-state index in [-0.39, 0.29) is 35.2 Å². The summed E-state index contributed by atoms with van der Waals surface area (Å²) in [6.07, 6.45) is 4.76. The first kappa shape index (κ1) is 30.5. The third-order valence-electron chi connectivity index (χ3n) is 11.6. The highest BCUT2D eigenvalue weighted by Crippen LogP contribution is 2.65. The normalized spacial score (nSPS) is 40.1. The maximum Gasteiger partial charge on any atom is 0.192 e. The number of Topliss-reactive ketones (excluding diaryl/α,β-unsaturated/α-hetero) is 1. The minimum absolute atomic E-state index is 0.0563. The molecule has 0 unspecified atom stereocenters. The zero-order chi connectivity index (χ0) is 27.3. The van der Waals surface area contributed by atoms with E-state index in [1.807, 2.05) is 0 Å². The van der Waals surface area contributed by atoms with Gasteiger partial charge in [0.1, 0.15) is 5.78 Å². The van der Waals surface area contributed by atoms with Gasteiger partial charge in [-0.05, 0) is 84.6 Å². The molecule has 0 aromatic rings. The van der Waals surface area contributed by atoms with Gasteiger partial charge in [0.2, 0.25) is 0 Å². The van der Waals surface area contributed by atoms with Crippen molar-refractivity contribution in [2.24, 2.45) is 34.5 Å². The summed E-state index contributed by atoms with van der Waals surface area (Å²) in [5.41, 5.74) is -0.582. The molecule has 3 aliphatic rings. The van der Waals surface area contributed by atoms with Gasteiger partial charge < -0.3 is 14.0 Å². The monoisotopic (exact) mass is 538 g/mol. The Balaban J connectivity index is 2.11. The molecule has 3 fully saturated rings. The molecule has 3 saturated carbocycles. The Kier molecular flexibility index (Phi) is 8.92. The van der Waals surface area contributed by atoms with Crippen molar-refractivity contribution < 1.29 is 18.8 Å². The van der Waals surface area contributed by atoms with Crippen molar-refractivity contribution in [3.63, 3.8) is 0 Å². The summed E-state index contributed by atoms with van der Waals surface area (Å²) in [5.74, 6) is 2.00. The second-order valence-electron chi connectivity index (χ2n) is 15.1. The standard InChI is InChI=1S/C30H58O4Si2/c1-12-36(13-2,14-3)34-25-16-21(4)15-24-23(25)17-26(33-35(10,11)28(5,6)7)27-29(8,20-31)18-22(32)19-30(24,27)9/h21,23-27,31H,12-20H2,1-11H3/t21-,23+,24-,25-,26+,27-,29+,30+/m1/s1. The topological polar surface area (TPSA) is 55.8 Å². The molecule has 0 radical (unpaired) electrons. The molecular weight excluding hydrogens is 480 g/mol. The zero-order valence-corrected chi connectivity index (χ0v) is 27.5. The van der Waals surface area contributed by atoms with Crippen LogP contribution >= 0.6 is 0 Å². The molecule has 0 amide bonds. The summed E-state index contributed by atoms with van der Waals surface area (Å²) in [5, 5.41) is 10.8. The molecule has 4 nitrogen and oxygen atoms in total. The van der Waals surface area contributed by atoms with E-state index < -0.39 is 22.0 Å². The molecule has 0 aromatic heterocycles. The Morgan fingerprint density at radius 3 is 2.03 bits per heavy atom. The Morgan fingerprint density at radius 1 is 0.944 bits per heavy atom. The highest BCUT2D eigenvalue weighted by Gasteiger charge is 2.64. The SMILES string of the molecule is CC[Si](CC)(CC)O[C@@H]1C[C@H](C)C[C@@H]2[C@@H]1C[C@H](O[Si](C)(C)C(C)(C)C)[C@@H]1[C@](C)(CO)CC(=O)C[C@@]21C. The van der Waals surface area contributed by atoms with Gasteiger partial charge in [0, 0.05) is 37.1 Å². The van der Waals surface area contributed by atoms with Crippen LogP contribution in [0.2, 0.25) is 36.3 Å². The minimum atomic E-state index is -2.05. The highest BCUT2D eigenvalue weighted by molar-refractivity contribution is 6.74. The minimum Gasteiger partial charge on any atom is -0.414 e. The molecule has 6 heteroatoms. The third kappa shape index (κ3) is 5.37. The quantitative estimate of drug-likeness (QED) is 0.320. The lowest BCUT2D eigenvalue weighted by atomic mass is 9.42. The summed E-state index contributed by atoms with van der Waals surface area (Å²) >= 11 is 0. The number of ketones is 1. The molecule has 0 heterocycles. The summed E-state index contributed by atoms with van der Waals surface area (Å²) in [4.78, 5) is 13.3. The van der Waals surface area contributed by atoms with E-state index in [2.05, 4.69) is 75.4 Å². The fourth-order valence-electron chi connectivity index (χ4n) is 8.48. The molecule has 0 bridgehead atoms. The van der Waals surface area contributed by atoms with Gasteiger partial charge in [0.05, 0.1) is 0 Å². The smallest absolute Gasteiger partial charge is 0.192 e. The van der Waals surface area contributed by atoms with Gasteiger partial charge in [-0.3, -0.25) is 4.79 Å². The van der Waals surface area contributed by atoms with Crippen LogP contribution in [0.15, 0.2) is 0 Å². The molecule has 0 spiro atoms. The van der Waals surface area contributed by atoms with Crippen molar-refractivity contribution in [2.75, 3.05) is 6.61 Å². The molecule has 3 rings (SSSR count). The van der Waals surface area contributed by atoms with Crippen molar-refractivity contribution >= 4 is 22.4 Å². The summed E-state index contributed by atoms with van der Waals surface area (Å²) in [7, 11) is -3.82. The van der Waals surface area contributed by atoms with Crippen molar-refractivity contribution in [1.29, 1.82) is 0 Å². The lowest BCUT2D eigenvalue weighted by Gasteiger charge is -2.65. The fourth-order valence-corrected chi connectivity index (χ4v) is 12.7. The second-order valence-corrected chi connectivity index (χ2v) is 24.6. The molecule has 3 aliphatic carbocycles. The number of carbonyl (C=O) groups excluding carboxylic acids is 1. The summed E-state index contributed by atoms with van der Waals surface area (Å²) in [6, 6.07) is 3.52. The molecule has 36 heavy (non-hydrogen) atoms. The van der Waals surface area contributed by atoms with Crippen molar-refractivity contribution in [3.05, 3.63) is 0 Å². The molecule has 0 saturated heterocycles. The molecule has 0 aliphatic heterocycles. The third-order valence-corrected chi connectivity index (χ3v) is 20.8. The van der Waals surface area contributed by atoms with Gasteiger partial charge in [-0.25, -0.2) is 0 Å². The van der Waals surface area contributed by atoms with E-state index in [9.17, 15) is 9.90 Å². The average molecular weight is 539 g/mol. The van der Waals surface area contributed by atoms with Crippen molar-refractivity contribution in [2.45, 2.75) is 143 Å². The first-order valence-electron chi connectivity index (χ1n) is 15.0. The van der Waals surface area contributed by atoms with E-state index in [0.29, 0.717) is 36.4 Å². The molecule has 0 aromatic carbocycles. The number of aliphatic hydroxyl groups is 1. The predicted octanol–water partition coefficient (Wildman–Crippen LogP) is 7.82. The van der Waals surface area contributed by atoms with Crippen LogP contribution in [0, 0.1) is 34.5 Å². The first-order chi connectivity index (χ1) is 16.5. The Morgan fingerprint density at radius 2 is 1.53 bits per heavy atom. The Bertz CT molecular complexity index is 780. The van der Waals surface area contributed by atoms with Gasteiger partial charge >= 0.3 is 0 Å². The van der Waals surface area contributed by atoms with Gasteiger partial charge in [-0.15, -0.1) is 0 Å². The number of rotatable bonds is 8. The van der Waals surface area contributed by atoms with Crippen LogP contribution in [-0.2, 0) is 13.6 Å². The number of carbonyl (C=O) groups is 1. The van der Waals surface area contributed by atoms with E-state index in [1.54, 1.807) is 0 Å². The fraction of sp³-hybridized carbons (Fsp3) is 0.967. The van der Waals surface area contributed by atoms with E-state index in [0.717, 1.165) is 19.3 Å². The van der Waals surface area contributed by atoms with Crippen LogP contribution in [-0.4, -0.2) is 46.3 Å². The lowest BCUT2D eigenvalue weighted by Crippen LogP contribution is -2.66. The van der Waals surface area contributed by atoms with Crippen LogP contribution in [0.3, 0.4) is 0 Å². The summed E-state index contributed by atoms with van der Waals surface area (Å²) in [6.45, 7) is 25.7. The second kappa shape index (κ2) is 10.5. The molecule has 210 valence electrons. The average Bonchev–Trinajstić information content (AvgIpc) is 2.76. The maximum absolute atomic E-state index is 13.3. The summed E-state index contributed by atoms with van der Waals surface area (Å²) < 4.78 is 14.6. The number of fused-ring (bicyclic) bond motifs is 3. The molecule has 8 atom stereocenters. The highest BCUT2D eigenvalue weighted by atomic mass is 28.4. The number of hydrogen-bond donors (Lipinski definition) is 1. The number of aliphatic hydroxyl groups excluding tert-OH is 1. The van der Waals surface area contributed by atoms with E-state index in [1.165, 1.54) is 18.1 Å². The molecule has 1 N–H and O–H groups in total. The van der Waals surface area contributed by atoms with Gasteiger partial charge in [0.15, 0.2) is 16.6 Å². The van der Waals surface area contributed by atoms with Crippen LogP contribution in [0.1, 0.15) is 94.4 Å². The van der Waals surface area contributed by atoms with Crippen molar-refractivity contribution in [3.8, 4) is 0 Å². The predicted molar refractivity (Wildman–Crippen MR) is 155 cm³/mol. The first-order valence-corrected chi connectivity index (χ1v) is 20.4. The maximum atomic E-state index is 13.3. The van der Waals surface area contributed by atoms with Crippen LogP contribution in [0.4, 0.5) is 0 Å². The zero-order valence-electron chi connectivity index (χ0n) is 25.5. The van der Waals surface area contributed by atoms with Crippen LogP contribution in [0.5, 0.6) is 0 Å². The lowest BCUT2D eigenvalue weighted by molar-refractivity contribution is -0.198. The van der Waals surface area contributed by atoms with Gasteiger partial charge in [-0.2, -0.15) is 0 Å².